The molecule has 0 N–H and O–H groups in total. The van der Waals surface area contributed by atoms with Crippen LogP contribution in [0, 0.1) is 11.6 Å². The quantitative estimate of drug-likeness (QED) is 0.837. The van der Waals surface area contributed by atoms with Crippen LogP contribution in [0.4, 0.5) is 8.78 Å². The molecule has 0 atom stereocenters. The SMILES string of the molecule is Fc1ccc(OC2CN(CCc3cccc(F)c3)C2)cc1. The predicted molar refractivity (Wildman–Crippen MR) is 77.4 cm³/mol. The number of hydrogen-bond acceptors (Lipinski definition) is 2. The fraction of sp³-hybridized carbons (Fsp3) is 0.294. The van der Waals surface area contributed by atoms with Crippen LogP contribution < -0.4 is 4.74 Å². The smallest absolute Gasteiger partial charge is 0.124 e. The summed E-state index contributed by atoms with van der Waals surface area (Å²) in [6.45, 7) is 2.60. The Morgan fingerprint density at radius 3 is 2.48 bits per heavy atom. The second-order valence-electron chi connectivity index (χ2n) is 5.33. The monoisotopic (exact) mass is 289 g/mol. The van der Waals surface area contributed by atoms with Crippen molar-refractivity contribution < 1.29 is 13.5 Å². The average Bonchev–Trinajstić information content (AvgIpc) is 2.43. The first kappa shape index (κ1) is 14.0. The Bertz CT molecular complexity index is 594. The van der Waals surface area contributed by atoms with Gasteiger partial charge < -0.3 is 4.74 Å². The molecule has 0 bridgehead atoms. The van der Waals surface area contributed by atoms with E-state index in [1.54, 1.807) is 24.3 Å². The first-order chi connectivity index (χ1) is 10.2. The molecule has 0 spiro atoms. The molecule has 21 heavy (non-hydrogen) atoms. The normalized spacial score (nSPS) is 15.7. The number of rotatable bonds is 5. The zero-order valence-corrected chi connectivity index (χ0v) is 11.6. The molecule has 1 saturated heterocycles. The van der Waals surface area contributed by atoms with Crippen LogP contribution in [0.5, 0.6) is 5.75 Å². The molecule has 0 aliphatic carbocycles. The van der Waals surface area contributed by atoms with Gasteiger partial charge in [0, 0.05) is 19.6 Å². The van der Waals surface area contributed by atoms with Gasteiger partial charge in [0.2, 0.25) is 0 Å². The maximum Gasteiger partial charge on any atom is 0.124 e. The molecular formula is C17H17F2NO. The zero-order valence-electron chi connectivity index (χ0n) is 11.6. The zero-order chi connectivity index (χ0) is 14.7. The third-order valence-corrected chi connectivity index (χ3v) is 3.65. The highest BCUT2D eigenvalue weighted by molar-refractivity contribution is 5.23. The molecule has 2 nitrogen and oxygen atoms in total. The lowest BCUT2D eigenvalue weighted by molar-refractivity contribution is 0.0208. The Morgan fingerprint density at radius 2 is 1.76 bits per heavy atom. The fourth-order valence-corrected chi connectivity index (χ4v) is 2.46. The standard InChI is InChI=1S/C17H17F2NO/c18-14-4-6-16(7-5-14)21-17-11-20(12-17)9-8-13-2-1-3-15(19)10-13/h1-7,10,17H,8-9,11-12H2. The molecule has 0 unspecified atom stereocenters. The molecule has 1 aliphatic rings. The van der Waals surface area contributed by atoms with E-state index < -0.39 is 0 Å². The van der Waals surface area contributed by atoms with E-state index in [9.17, 15) is 8.78 Å². The van der Waals surface area contributed by atoms with E-state index in [0.29, 0.717) is 5.75 Å². The Balaban J connectivity index is 1.41. The van der Waals surface area contributed by atoms with Gasteiger partial charge in [0.1, 0.15) is 23.5 Å². The van der Waals surface area contributed by atoms with Crippen molar-refractivity contribution in [3.63, 3.8) is 0 Å². The van der Waals surface area contributed by atoms with Crippen LogP contribution in [0.15, 0.2) is 48.5 Å². The average molecular weight is 289 g/mol. The van der Waals surface area contributed by atoms with Crippen LogP contribution in [0.2, 0.25) is 0 Å². The van der Waals surface area contributed by atoms with Crippen LogP contribution in [-0.4, -0.2) is 30.6 Å². The molecule has 0 saturated carbocycles. The first-order valence-electron chi connectivity index (χ1n) is 7.08. The number of benzene rings is 2. The molecule has 0 radical (unpaired) electrons. The topological polar surface area (TPSA) is 12.5 Å². The summed E-state index contributed by atoms with van der Waals surface area (Å²) in [5, 5.41) is 0. The number of hydrogen-bond donors (Lipinski definition) is 0. The minimum absolute atomic E-state index is 0.156. The number of ether oxygens (including phenoxy) is 1. The number of likely N-dealkylation sites (tertiary alicyclic amines) is 1. The predicted octanol–water partition coefficient (Wildman–Crippen LogP) is 3.27. The molecule has 0 aromatic heterocycles. The van der Waals surface area contributed by atoms with Crippen molar-refractivity contribution in [2.45, 2.75) is 12.5 Å². The van der Waals surface area contributed by atoms with Crippen molar-refractivity contribution in [3.8, 4) is 5.75 Å². The molecule has 2 aromatic carbocycles. The Kier molecular flexibility index (Phi) is 4.15. The highest BCUT2D eigenvalue weighted by Gasteiger charge is 2.27. The Labute approximate surface area is 123 Å². The third-order valence-electron chi connectivity index (χ3n) is 3.65. The molecule has 3 rings (SSSR count). The van der Waals surface area contributed by atoms with Gasteiger partial charge in [0.25, 0.3) is 0 Å². The molecule has 4 heteroatoms. The lowest BCUT2D eigenvalue weighted by atomic mass is 10.1. The van der Waals surface area contributed by atoms with E-state index in [4.69, 9.17) is 4.74 Å². The molecular weight excluding hydrogens is 272 g/mol. The maximum absolute atomic E-state index is 13.1. The lowest BCUT2D eigenvalue weighted by Gasteiger charge is -2.39. The number of nitrogens with zero attached hydrogens (tertiary/aromatic N) is 1. The highest BCUT2D eigenvalue weighted by Crippen LogP contribution is 2.18. The van der Waals surface area contributed by atoms with Crippen molar-refractivity contribution in [2.24, 2.45) is 0 Å². The minimum atomic E-state index is -0.257. The largest absolute Gasteiger partial charge is 0.488 e. The van der Waals surface area contributed by atoms with Gasteiger partial charge in [-0.2, -0.15) is 0 Å². The van der Waals surface area contributed by atoms with Crippen molar-refractivity contribution in [1.29, 1.82) is 0 Å². The molecule has 1 fully saturated rings. The molecule has 110 valence electrons. The van der Waals surface area contributed by atoms with Crippen molar-refractivity contribution in [2.75, 3.05) is 19.6 Å². The van der Waals surface area contributed by atoms with E-state index in [1.807, 2.05) is 6.07 Å². The highest BCUT2D eigenvalue weighted by atomic mass is 19.1. The summed E-state index contributed by atoms with van der Waals surface area (Å²) in [7, 11) is 0. The summed E-state index contributed by atoms with van der Waals surface area (Å²) in [5.74, 6) is 0.257. The van der Waals surface area contributed by atoms with Crippen molar-refractivity contribution >= 4 is 0 Å². The van der Waals surface area contributed by atoms with E-state index in [2.05, 4.69) is 4.90 Å². The van der Waals surface area contributed by atoms with Crippen LogP contribution in [0.25, 0.3) is 0 Å². The van der Waals surface area contributed by atoms with Crippen LogP contribution >= 0.6 is 0 Å². The van der Waals surface area contributed by atoms with Crippen molar-refractivity contribution in [3.05, 3.63) is 65.7 Å². The molecule has 1 heterocycles. The summed E-state index contributed by atoms with van der Waals surface area (Å²) < 4.78 is 31.6. The third kappa shape index (κ3) is 3.79. The van der Waals surface area contributed by atoms with E-state index in [-0.39, 0.29) is 17.7 Å². The molecule has 0 amide bonds. The summed E-state index contributed by atoms with van der Waals surface area (Å²) in [6, 6.07) is 12.8. The van der Waals surface area contributed by atoms with E-state index in [0.717, 1.165) is 31.6 Å². The second-order valence-corrected chi connectivity index (χ2v) is 5.33. The number of halogens is 2. The summed E-state index contributed by atoms with van der Waals surface area (Å²) in [6.07, 6.45) is 0.990. The fourth-order valence-electron chi connectivity index (χ4n) is 2.46. The van der Waals surface area contributed by atoms with Crippen LogP contribution in [0.3, 0.4) is 0 Å². The summed E-state index contributed by atoms with van der Waals surface area (Å²) in [4.78, 5) is 2.26. The maximum atomic E-state index is 13.1. The van der Waals surface area contributed by atoms with Gasteiger partial charge in [-0.05, 0) is 48.4 Å². The first-order valence-corrected chi connectivity index (χ1v) is 7.08. The Morgan fingerprint density at radius 1 is 1.00 bits per heavy atom. The molecule has 2 aromatic rings. The Hall–Kier alpha value is -1.94. The van der Waals surface area contributed by atoms with Gasteiger partial charge in [0.15, 0.2) is 0 Å². The van der Waals surface area contributed by atoms with Crippen LogP contribution in [0.1, 0.15) is 5.56 Å². The van der Waals surface area contributed by atoms with Gasteiger partial charge >= 0.3 is 0 Å². The van der Waals surface area contributed by atoms with Crippen LogP contribution in [-0.2, 0) is 6.42 Å². The van der Waals surface area contributed by atoms with Gasteiger partial charge in [0.05, 0.1) is 0 Å². The summed E-state index contributed by atoms with van der Waals surface area (Å²) in [5.41, 5.74) is 1.01. The van der Waals surface area contributed by atoms with Gasteiger partial charge in [-0.25, -0.2) is 8.78 Å². The van der Waals surface area contributed by atoms with E-state index in [1.165, 1.54) is 18.2 Å². The van der Waals surface area contributed by atoms with E-state index >= 15 is 0 Å². The van der Waals surface area contributed by atoms with Crippen molar-refractivity contribution in [1.82, 2.24) is 4.90 Å². The lowest BCUT2D eigenvalue weighted by Crippen LogP contribution is -2.54. The van der Waals surface area contributed by atoms with Gasteiger partial charge in [-0.15, -0.1) is 0 Å². The minimum Gasteiger partial charge on any atom is -0.488 e. The van der Waals surface area contributed by atoms with Gasteiger partial charge in [-0.3, -0.25) is 4.90 Å². The van der Waals surface area contributed by atoms with Gasteiger partial charge in [-0.1, -0.05) is 12.1 Å². The summed E-state index contributed by atoms with van der Waals surface area (Å²) >= 11 is 0. The second kappa shape index (κ2) is 6.22. The molecule has 1 aliphatic heterocycles.